The fourth-order valence-electron chi connectivity index (χ4n) is 1.46. The first kappa shape index (κ1) is 12.5. The molecule has 1 aliphatic rings. The molecule has 0 aliphatic heterocycles. The molecule has 0 fully saturated rings. The molecule has 1 aliphatic carbocycles. The van der Waals surface area contributed by atoms with Crippen molar-refractivity contribution >= 4 is 0 Å². The van der Waals surface area contributed by atoms with Crippen molar-refractivity contribution in [2.75, 3.05) is 0 Å². The van der Waals surface area contributed by atoms with E-state index in [0.717, 1.165) is 11.1 Å². The molecule has 1 atom stereocenters. The maximum absolute atomic E-state index is 9.85. The summed E-state index contributed by atoms with van der Waals surface area (Å²) in [5.41, 5.74) is 1.27. The lowest BCUT2D eigenvalue weighted by molar-refractivity contribution is 0.164. The fourth-order valence-corrected chi connectivity index (χ4v) is 1.46. The van der Waals surface area contributed by atoms with Crippen molar-refractivity contribution in [3.63, 3.8) is 0 Å². The Morgan fingerprint density at radius 3 is 2.81 bits per heavy atom. The van der Waals surface area contributed by atoms with Crippen molar-refractivity contribution in [2.24, 2.45) is 0 Å². The number of hydrogen-bond acceptors (Lipinski definition) is 1. The lowest BCUT2D eigenvalue weighted by Crippen LogP contribution is -2.15. The Morgan fingerprint density at radius 1 is 1.44 bits per heavy atom. The Labute approximate surface area is 97.5 Å². The van der Waals surface area contributed by atoms with Crippen LogP contribution in [0.1, 0.15) is 13.8 Å². The van der Waals surface area contributed by atoms with Crippen LogP contribution in [0.2, 0.25) is 0 Å². The summed E-state index contributed by atoms with van der Waals surface area (Å²) in [6.07, 6.45) is 17.0. The van der Waals surface area contributed by atoms with Crippen molar-refractivity contribution in [1.82, 2.24) is 0 Å². The molecule has 1 N–H and O–H groups in total. The molecule has 0 saturated heterocycles. The van der Waals surface area contributed by atoms with Crippen LogP contribution >= 0.6 is 0 Å². The van der Waals surface area contributed by atoms with E-state index in [0.29, 0.717) is 0 Å². The van der Waals surface area contributed by atoms with Gasteiger partial charge in [-0.3, -0.25) is 0 Å². The van der Waals surface area contributed by atoms with Crippen LogP contribution in [0.4, 0.5) is 0 Å². The van der Waals surface area contributed by atoms with Crippen molar-refractivity contribution in [2.45, 2.75) is 19.4 Å². The summed E-state index contributed by atoms with van der Waals surface area (Å²) >= 11 is 0. The van der Waals surface area contributed by atoms with Gasteiger partial charge < -0.3 is 5.11 Å². The fraction of sp³-hybridized carbons (Fsp3) is 0.200. The molecule has 0 aromatic carbocycles. The topological polar surface area (TPSA) is 20.2 Å². The van der Waals surface area contributed by atoms with Gasteiger partial charge in [0.15, 0.2) is 0 Å². The second kappa shape index (κ2) is 5.47. The molecule has 0 aromatic rings. The molecule has 0 saturated carbocycles. The van der Waals surface area contributed by atoms with Crippen molar-refractivity contribution in [3.8, 4) is 0 Å². The smallest absolute Gasteiger partial charge is 0.0986 e. The van der Waals surface area contributed by atoms with Gasteiger partial charge in [0.05, 0.1) is 5.60 Å². The summed E-state index contributed by atoms with van der Waals surface area (Å²) in [4.78, 5) is 0. The van der Waals surface area contributed by atoms with Crippen LogP contribution in [0.25, 0.3) is 0 Å². The average Bonchev–Trinajstić information content (AvgIpc) is 2.39. The van der Waals surface area contributed by atoms with Crippen molar-refractivity contribution in [3.05, 3.63) is 72.4 Å². The second-order valence-corrected chi connectivity index (χ2v) is 3.90. The quantitative estimate of drug-likeness (QED) is 0.713. The van der Waals surface area contributed by atoms with E-state index in [1.807, 2.05) is 43.4 Å². The molecule has 16 heavy (non-hydrogen) atoms. The molecule has 1 rings (SSSR count). The van der Waals surface area contributed by atoms with Gasteiger partial charge in [-0.25, -0.2) is 0 Å². The summed E-state index contributed by atoms with van der Waals surface area (Å²) < 4.78 is 0. The average molecular weight is 214 g/mol. The molecule has 0 aromatic heterocycles. The number of rotatable bonds is 3. The first-order chi connectivity index (χ1) is 7.59. The molecule has 1 unspecified atom stereocenters. The highest BCUT2D eigenvalue weighted by Crippen LogP contribution is 2.20. The van der Waals surface area contributed by atoms with Crippen molar-refractivity contribution in [1.29, 1.82) is 0 Å². The van der Waals surface area contributed by atoms with Gasteiger partial charge >= 0.3 is 0 Å². The van der Waals surface area contributed by atoms with Crippen LogP contribution in [-0.4, -0.2) is 10.7 Å². The summed E-state index contributed by atoms with van der Waals surface area (Å²) in [7, 11) is 0. The minimum absolute atomic E-state index is 0.868. The largest absolute Gasteiger partial charge is 0.382 e. The van der Waals surface area contributed by atoms with E-state index in [1.165, 1.54) is 0 Å². The second-order valence-electron chi connectivity index (χ2n) is 3.90. The summed E-state index contributed by atoms with van der Waals surface area (Å²) in [6.45, 7) is 7.43. The first-order valence-electron chi connectivity index (χ1n) is 5.36. The molecule has 84 valence electrons. The highest BCUT2D eigenvalue weighted by Gasteiger charge is 2.12. The molecular formula is C15H18O. The zero-order valence-corrected chi connectivity index (χ0v) is 9.85. The zero-order chi connectivity index (χ0) is 12.0. The lowest BCUT2D eigenvalue weighted by Gasteiger charge is -2.11. The van der Waals surface area contributed by atoms with Crippen LogP contribution in [0.15, 0.2) is 72.4 Å². The molecule has 0 bridgehead atoms. The zero-order valence-electron chi connectivity index (χ0n) is 9.85. The highest BCUT2D eigenvalue weighted by molar-refractivity contribution is 5.51. The van der Waals surface area contributed by atoms with Gasteiger partial charge in [-0.2, -0.15) is 0 Å². The molecule has 0 spiro atoms. The SMILES string of the molecule is C=C/C=C(\C=C/C)C1=CC=CC(C)(O)C=C1. The van der Waals surface area contributed by atoms with Gasteiger partial charge in [-0.15, -0.1) is 0 Å². The third kappa shape index (κ3) is 3.52. The highest BCUT2D eigenvalue weighted by atomic mass is 16.3. The summed E-state index contributed by atoms with van der Waals surface area (Å²) in [6, 6.07) is 0. The Bertz CT molecular complexity index is 401. The first-order valence-corrected chi connectivity index (χ1v) is 5.36. The molecule has 0 amide bonds. The van der Waals surface area contributed by atoms with Gasteiger partial charge in [-0.05, 0) is 37.1 Å². The van der Waals surface area contributed by atoms with Crippen LogP contribution in [0.3, 0.4) is 0 Å². The number of aliphatic hydroxyl groups is 1. The van der Waals surface area contributed by atoms with E-state index < -0.39 is 5.60 Å². The molecule has 1 heteroatoms. The van der Waals surface area contributed by atoms with Crippen LogP contribution in [0, 0.1) is 0 Å². The molecular weight excluding hydrogens is 196 g/mol. The van der Waals surface area contributed by atoms with Crippen LogP contribution < -0.4 is 0 Å². The monoisotopic (exact) mass is 214 g/mol. The van der Waals surface area contributed by atoms with Gasteiger partial charge in [0.2, 0.25) is 0 Å². The normalized spacial score (nSPS) is 25.7. The Balaban J connectivity index is 3.06. The van der Waals surface area contributed by atoms with Crippen molar-refractivity contribution < 1.29 is 5.11 Å². The van der Waals surface area contributed by atoms with E-state index in [4.69, 9.17) is 0 Å². The van der Waals surface area contributed by atoms with Crippen LogP contribution in [-0.2, 0) is 0 Å². The number of hydrogen-bond donors (Lipinski definition) is 1. The third-order valence-corrected chi connectivity index (χ3v) is 2.29. The summed E-state index contributed by atoms with van der Waals surface area (Å²) in [5.74, 6) is 0. The Morgan fingerprint density at radius 2 is 2.19 bits per heavy atom. The Hall–Kier alpha value is -1.60. The minimum atomic E-state index is -0.868. The van der Waals surface area contributed by atoms with Gasteiger partial charge in [-0.1, -0.05) is 49.1 Å². The lowest BCUT2D eigenvalue weighted by atomic mass is 10.0. The van der Waals surface area contributed by atoms with E-state index in [1.54, 1.807) is 25.2 Å². The predicted molar refractivity (Wildman–Crippen MR) is 70.1 cm³/mol. The Kier molecular flexibility index (Phi) is 4.27. The maximum Gasteiger partial charge on any atom is 0.0986 e. The van der Waals surface area contributed by atoms with Gasteiger partial charge in [0, 0.05) is 0 Å². The maximum atomic E-state index is 9.85. The van der Waals surface area contributed by atoms with E-state index in [-0.39, 0.29) is 0 Å². The minimum Gasteiger partial charge on any atom is -0.382 e. The van der Waals surface area contributed by atoms with E-state index in [9.17, 15) is 5.11 Å². The predicted octanol–water partition coefficient (Wildman–Crippen LogP) is 3.48. The van der Waals surface area contributed by atoms with Gasteiger partial charge in [0.1, 0.15) is 0 Å². The molecule has 0 heterocycles. The van der Waals surface area contributed by atoms with Gasteiger partial charge in [0.25, 0.3) is 0 Å². The third-order valence-electron chi connectivity index (χ3n) is 2.29. The van der Waals surface area contributed by atoms with E-state index >= 15 is 0 Å². The molecule has 0 radical (unpaired) electrons. The molecule has 1 nitrogen and oxygen atoms in total. The number of allylic oxidation sites excluding steroid dienone is 9. The standard InChI is InChI=1S/C15H18O/c1-4-7-13(8-5-2)14-9-6-11-15(3,16)12-10-14/h4-12,16H,1H2,2-3H3/b8-5-,13-7+. The summed E-state index contributed by atoms with van der Waals surface area (Å²) in [5, 5.41) is 9.85. The van der Waals surface area contributed by atoms with Crippen LogP contribution in [0.5, 0.6) is 0 Å². The van der Waals surface area contributed by atoms with E-state index in [2.05, 4.69) is 6.58 Å².